The van der Waals surface area contributed by atoms with Crippen LogP contribution in [0.4, 0.5) is 10.5 Å². The lowest BCUT2D eigenvalue weighted by molar-refractivity contribution is -0.121. The van der Waals surface area contributed by atoms with Gasteiger partial charge in [0.1, 0.15) is 6.54 Å². The Morgan fingerprint density at radius 3 is 2.71 bits per heavy atom. The Balaban J connectivity index is 1.71. The largest absolute Gasteiger partial charge is 0.383 e. The minimum atomic E-state index is -0.423. The van der Waals surface area contributed by atoms with Crippen LogP contribution in [-0.4, -0.2) is 41.9 Å². The van der Waals surface area contributed by atoms with Crippen LogP contribution in [-0.2, 0) is 27.3 Å². The number of nitrogens with zero attached hydrogens (tertiary/aromatic N) is 2. The standard InChI is InChI=1S/C25H24ClN3O4S/c1-3-16-7-6-8-18-17(14-28(23(16)18)15-22(30)27-11-12-33-2)13-21-24(31)29(25(32)34-21)20-10-5-4-9-19(20)26/h4-10,13-14H,3,11-12,15H2,1-2H3,(H,27,30)/b21-13-. The zero-order chi connectivity index (χ0) is 24.2. The van der Waals surface area contributed by atoms with E-state index in [0.29, 0.717) is 28.8 Å². The van der Waals surface area contributed by atoms with Crippen LogP contribution in [0.15, 0.2) is 53.6 Å². The highest BCUT2D eigenvalue weighted by Crippen LogP contribution is 2.39. The Bertz CT molecular complexity index is 1300. The molecule has 0 saturated carbocycles. The molecule has 1 N–H and O–H groups in total. The van der Waals surface area contributed by atoms with Crippen LogP contribution >= 0.6 is 23.4 Å². The van der Waals surface area contributed by atoms with Gasteiger partial charge in [-0.15, -0.1) is 0 Å². The number of rotatable bonds is 8. The first-order valence-electron chi connectivity index (χ1n) is 10.8. The van der Waals surface area contributed by atoms with Crippen molar-refractivity contribution in [1.82, 2.24) is 9.88 Å². The number of methoxy groups -OCH3 is 1. The van der Waals surface area contributed by atoms with Crippen molar-refractivity contribution in [3.63, 3.8) is 0 Å². The first-order valence-corrected chi connectivity index (χ1v) is 12.0. The first kappa shape index (κ1) is 24.1. The minimum Gasteiger partial charge on any atom is -0.383 e. The Kier molecular flexibility index (Phi) is 7.41. The molecule has 0 atom stereocenters. The van der Waals surface area contributed by atoms with Crippen LogP contribution in [0, 0.1) is 0 Å². The van der Waals surface area contributed by atoms with Crippen LogP contribution in [0.5, 0.6) is 0 Å². The molecule has 4 rings (SSSR count). The number of imide groups is 1. The molecule has 1 aliphatic heterocycles. The van der Waals surface area contributed by atoms with Gasteiger partial charge >= 0.3 is 0 Å². The highest BCUT2D eigenvalue weighted by molar-refractivity contribution is 8.19. The number of fused-ring (bicyclic) bond motifs is 1. The molecule has 3 amide bonds. The number of carbonyl (C=O) groups is 3. The fraction of sp³-hybridized carbons (Fsp3) is 0.240. The van der Waals surface area contributed by atoms with Crippen molar-refractivity contribution in [2.24, 2.45) is 0 Å². The van der Waals surface area contributed by atoms with Crippen molar-refractivity contribution in [1.29, 1.82) is 0 Å². The molecule has 34 heavy (non-hydrogen) atoms. The van der Waals surface area contributed by atoms with E-state index in [1.807, 2.05) is 29.0 Å². The predicted octanol–water partition coefficient (Wildman–Crippen LogP) is 4.86. The van der Waals surface area contributed by atoms with Gasteiger partial charge in [0.25, 0.3) is 11.1 Å². The predicted molar refractivity (Wildman–Crippen MR) is 136 cm³/mol. The van der Waals surface area contributed by atoms with E-state index in [2.05, 4.69) is 12.2 Å². The molecule has 1 aliphatic rings. The molecule has 1 saturated heterocycles. The number of para-hydroxylation sites is 2. The third-order valence-corrected chi connectivity index (χ3v) is 6.70. The number of ether oxygens (including phenoxy) is 1. The second-order valence-electron chi connectivity index (χ2n) is 7.69. The minimum absolute atomic E-state index is 0.131. The van der Waals surface area contributed by atoms with E-state index in [-0.39, 0.29) is 12.5 Å². The van der Waals surface area contributed by atoms with Crippen molar-refractivity contribution in [2.75, 3.05) is 25.2 Å². The number of aromatic nitrogens is 1. The zero-order valence-corrected chi connectivity index (χ0v) is 20.4. The van der Waals surface area contributed by atoms with E-state index >= 15 is 0 Å². The van der Waals surface area contributed by atoms with Gasteiger partial charge in [-0.05, 0) is 42.0 Å². The molecule has 2 heterocycles. The van der Waals surface area contributed by atoms with Crippen molar-refractivity contribution in [3.8, 4) is 0 Å². The van der Waals surface area contributed by atoms with Gasteiger partial charge in [0, 0.05) is 30.8 Å². The molecule has 0 unspecified atom stereocenters. The summed E-state index contributed by atoms with van der Waals surface area (Å²) in [6, 6.07) is 12.7. The maximum atomic E-state index is 13.1. The highest BCUT2D eigenvalue weighted by Gasteiger charge is 2.37. The summed E-state index contributed by atoms with van der Waals surface area (Å²) in [5.74, 6) is -0.557. The Labute approximate surface area is 206 Å². The second kappa shape index (κ2) is 10.5. The number of hydrogen-bond acceptors (Lipinski definition) is 5. The SMILES string of the molecule is CCc1cccc2c(/C=C3\SC(=O)N(c4ccccc4Cl)C3=O)cn(CC(=O)NCCOC)c12. The maximum absolute atomic E-state index is 13.1. The molecule has 0 spiro atoms. The third kappa shape index (κ3) is 4.75. The molecule has 1 fully saturated rings. The molecular formula is C25H24ClN3O4S. The summed E-state index contributed by atoms with van der Waals surface area (Å²) in [5.41, 5.74) is 3.15. The number of benzene rings is 2. The summed E-state index contributed by atoms with van der Waals surface area (Å²) in [6.07, 6.45) is 4.35. The van der Waals surface area contributed by atoms with Crippen molar-refractivity contribution in [3.05, 3.63) is 69.7 Å². The molecule has 2 aromatic carbocycles. The van der Waals surface area contributed by atoms with E-state index in [0.717, 1.165) is 45.1 Å². The summed E-state index contributed by atoms with van der Waals surface area (Å²) < 4.78 is 6.88. The van der Waals surface area contributed by atoms with Gasteiger partial charge in [0.05, 0.1) is 27.7 Å². The van der Waals surface area contributed by atoms with E-state index in [1.54, 1.807) is 37.5 Å². The van der Waals surface area contributed by atoms with Crippen LogP contribution < -0.4 is 10.2 Å². The summed E-state index contributed by atoms with van der Waals surface area (Å²) >= 11 is 7.10. The molecule has 0 bridgehead atoms. The molecule has 3 aromatic rings. The molecule has 0 aliphatic carbocycles. The van der Waals surface area contributed by atoms with Gasteiger partial charge in [-0.3, -0.25) is 14.4 Å². The lowest BCUT2D eigenvalue weighted by atomic mass is 10.1. The number of thioether (sulfide) groups is 1. The van der Waals surface area contributed by atoms with Gasteiger partial charge in [0.15, 0.2) is 0 Å². The lowest BCUT2D eigenvalue weighted by Crippen LogP contribution is -2.30. The fourth-order valence-corrected chi connectivity index (χ4v) is 4.99. The Morgan fingerprint density at radius 2 is 1.97 bits per heavy atom. The number of aryl methyl sites for hydroxylation is 1. The van der Waals surface area contributed by atoms with Crippen LogP contribution in [0.2, 0.25) is 5.02 Å². The molecule has 9 heteroatoms. The van der Waals surface area contributed by atoms with Crippen molar-refractivity contribution in [2.45, 2.75) is 19.9 Å². The summed E-state index contributed by atoms with van der Waals surface area (Å²) in [6.45, 7) is 3.05. The molecule has 7 nitrogen and oxygen atoms in total. The number of amides is 3. The second-order valence-corrected chi connectivity index (χ2v) is 9.09. The number of hydrogen-bond donors (Lipinski definition) is 1. The maximum Gasteiger partial charge on any atom is 0.298 e. The molecule has 176 valence electrons. The van der Waals surface area contributed by atoms with Crippen LogP contribution in [0.3, 0.4) is 0 Å². The van der Waals surface area contributed by atoms with Gasteiger partial charge < -0.3 is 14.6 Å². The summed E-state index contributed by atoms with van der Waals surface area (Å²) in [7, 11) is 1.58. The average molecular weight is 498 g/mol. The summed E-state index contributed by atoms with van der Waals surface area (Å²) in [5, 5.41) is 3.67. The van der Waals surface area contributed by atoms with E-state index in [9.17, 15) is 14.4 Å². The smallest absolute Gasteiger partial charge is 0.298 e. The van der Waals surface area contributed by atoms with Gasteiger partial charge in [0.2, 0.25) is 5.91 Å². The van der Waals surface area contributed by atoms with Gasteiger partial charge in [-0.25, -0.2) is 4.90 Å². The number of anilines is 1. The molecular weight excluding hydrogens is 474 g/mol. The van der Waals surface area contributed by atoms with Gasteiger partial charge in [-0.2, -0.15) is 0 Å². The normalized spacial score (nSPS) is 15.0. The Morgan fingerprint density at radius 1 is 1.18 bits per heavy atom. The fourth-order valence-electron chi connectivity index (χ4n) is 3.94. The topological polar surface area (TPSA) is 80.6 Å². The van der Waals surface area contributed by atoms with E-state index in [1.165, 1.54) is 0 Å². The molecule has 0 radical (unpaired) electrons. The number of nitrogens with one attached hydrogen (secondary N) is 1. The lowest BCUT2D eigenvalue weighted by Gasteiger charge is -2.13. The van der Waals surface area contributed by atoms with Crippen molar-refractivity contribution < 1.29 is 19.1 Å². The van der Waals surface area contributed by atoms with Gasteiger partial charge in [-0.1, -0.05) is 48.9 Å². The zero-order valence-electron chi connectivity index (χ0n) is 18.8. The monoisotopic (exact) mass is 497 g/mol. The highest BCUT2D eigenvalue weighted by atomic mass is 35.5. The summed E-state index contributed by atoms with van der Waals surface area (Å²) in [4.78, 5) is 39.7. The third-order valence-electron chi connectivity index (χ3n) is 5.51. The molecule has 1 aromatic heterocycles. The number of halogens is 1. The van der Waals surface area contributed by atoms with Crippen LogP contribution in [0.25, 0.3) is 17.0 Å². The first-order chi connectivity index (χ1) is 16.4. The van der Waals surface area contributed by atoms with Crippen LogP contribution in [0.1, 0.15) is 18.1 Å². The van der Waals surface area contributed by atoms with Crippen molar-refractivity contribution >= 4 is 63.1 Å². The quantitative estimate of drug-likeness (QED) is 0.355. The number of carbonyl (C=O) groups excluding carboxylic acids is 3. The Hall–Kier alpha value is -3.07. The van der Waals surface area contributed by atoms with E-state index in [4.69, 9.17) is 16.3 Å². The van der Waals surface area contributed by atoms with E-state index < -0.39 is 11.1 Å². The average Bonchev–Trinajstić information content (AvgIpc) is 3.30.